The predicted octanol–water partition coefficient (Wildman–Crippen LogP) is 1.23. The molecule has 1 unspecified atom stereocenters. The van der Waals surface area contributed by atoms with Crippen LogP contribution in [0.3, 0.4) is 0 Å². The summed E-state index contributed by atoms with van der Waals surface area (Å²) in [4.78, 5) is 26.1. The summed E-state index contributed by atoms with van der Waals surface area (Å²) in [6.07, 6.45) is 3.21. The number of nitrogens with one attached hydrogen (secondary N) is 1. The maximum Gasteiger partial charge on any atom is 0.303 e. The largest absolute Gasteiger partial charge is 0.481 e. The van der Waals surface area contributed by atoms with Crippen LogP contribution in [-0.2, 0) is 4.79 Å². The Kier molecular flexibility index (Phi) is 4.63. The molecule has 0 radical (unpaired) electrons. The number of rotatable bonds is 5. The molecule has 0 aliphatic rings. The number of carbonyl (C=O) groups excluding carboxylic acids is 1. The molecule has 17 heavy (non-hydrogen) atoms. The number of aliphatic carboxylic acids is 1. The van der Waals surface area contributed by atoms with Crippen LogP contribution in [0.2, 0.25) is 0 Å². The summed E-state index contributed by atoms with van der Waals surface area (Å²) < 4.78 is 0. The molecule has 1 atom stereocenters. The van der Waals surface area contributed by atoms with Gasteiger partial charge in [0, 0.05) is 25.4 Å². The molecule has 0 saturated carbocycles. The summed E-state index contributed by atoms with van der Waals surface area (Å²) in [6.45, 7) is 3.98. The lowest BCUT2D eigenvalue weighted by Crippen LogP contribution is -2.29. The first-order valence-electron chi connectivity index (χ1n) is 5.40. The van der Waals surface area contributed by atoms with Crippen LogP contribution in [0.4, 0.5) is 0 Å². The SMILES string of the molecule is Cc1cncc(C(=O)NCC(C)CC(=O)O)c1. The van der Waals surface area contributed by atoms with Crippen LogP contribution in [0.15, 0.2) is 18.5 Å². The van der Waals surface area contributed by atoms with Gasteiger partial charge in [-0.05, 0) is 24.5 Å². The highest BCUT2D eigenvalue weighted by Crippen LogP contribution is 2.03. The smallest absolute Gasteiger partial charge is 0.303 e. The van der Waals surface area contributed by atoms with Gasteiger partial charge in [0.2, 0.25) is 0 Å². The van der Waals surface area contributed by atoms with E-state index in [2.05, 4.69) is 10.3 Å². The normalized spacial score (nSPS) is 11.9. The topological polar surface area (TPSA) is 79.3 Å². The molecule has 5 heteroatoms. The molecule has 0 saturated heterocycles. The molecule has 0 aromatic carbocycles. The predicted molar refractivity (Wildman–Crippen MR) is 62.7 cm³/mol. The summed E-state index contributed by atoms with van der Waals surface area (Å²) in [5.41, 5.74) is 1.41. The average molecular weight is 236 g/mol. The highest BCUT2D eigenvalue weighted by molar-refractivity contribution is 5.94. The van der Waals surface area contributed by atoms with Crippen molar-refractivity contribution in [3.05, 3.63) is 29.6 Å². The second kappa shape index (κ2) is 5.98. The third kappa shape index (κ3) is 4.63. The fourth-order valence-electron chi connectivity index (χ4n) is 1.42. The van der Waals surface area contributed by atoms with E-state index in [0.717, 1.165) is 5.56 Å². The lowest BCUT2D eigenvalue weighted by atomic mass is 10.1. The quantitative estimate of drug-likeness (QED) is 0.805. The first kappa shape index (κ1) is 13.2. The van der Waals surface area contributed by atoms with Crippen molar-refractivity contribution in [3.8, 4) is 0 Å². The monoisotopic (exact) mass is 236 g/mol. The lowest BCUT2D eigenvalue weighted by Gasteiger charge is -2.10. The van der Waals surface area contributed by atoms with E-state index in [4.69, 9.17) is 5.11 Å². The van der Waals surface area contributed by atoms with Gasteiger partial charge < -0.3 is 10.4 Å². The molecular formula is C12H16N2O3. The first-order valence-corrected chi connectivity index (χ1v) is 5.40. The van der Waals surface area contributed by atoms with E-state index in [9.17, 15) is 9.59 Å². The minimum Gasteiger partial charge on any atom is -0.481 e. The second-order valence-corrected chi connectivity index (χ2v) is 4.16. The Labute approximate surface area is 99.9 Å². The van der Waals surface area contributed by atoms with E-state index in [1.807, 2.05) is 6.92 Å². The number of aromatic nitrogens is 1. The highest BCUT2D eigenvalue weighted by atomic mass is 16.4. The summed E-state index contributed by atoms with van der Waals surface area (Å²) in [7, 11) is 0. The molecular weight excluding hydrogens is 220 g/mol. The molecule has 0 fully saturated rings. The fourth-order valence-corrected chi connectivity index (χ4v) is 1.42. The van der Waals surface area contributed by atoms with Gasteiger partial charge in [0.25, 0.3) is 5.91 Å². The fraction of sp³-hybridized carbons (Fsp3) is 0.417. The Morgan fingerprint density at radius 1 is 1.47 bits per heavy atom. The molecule has 0 bridgehead atoms. The van der Waals surface area contributed by atoms with Gasteiger partial charge in [0.15, 0.2) is 0 Å². The highest BCUT2D eigenvalue weighted by Gasteiger charge is 2.10. The average Bonchev–Trinajstić information content (AvgIpc) is 2.25. The zero-order valence-electron chi connectivity index (χ0n) is 9.93. The number of nitrogens with zero attached hydrogens (tertiary/aromatic N) is 1. The lowest BCUT2D eigenvalue weighted by molar-refractivity contribution is -0.137. The van der Waals surface area contributed by atoms with Crippen molar-refractivity contribution in [1.29, 1.82) is 0 Å². The Hall–Kier alpha value is -1.91. The molecule has 1 heterocycles. The summed E-state index contributed by atoms with van der Waals surface area (Å²) >= 11 is 0. The summed E-state index contributed by atoms with van der Waals surface area (Å²) in [5.74, 6) is -1.17. The van der Waals surface area contributed by atoms with Gasteiger partial charge in [-0.25, -0.2) is 0 Å². The van der Waals surface area contributed by atoms with Gasteiger partial charge >= 0.3 is 5.97 Å². The maximum atomic E-state index is 11.7. The van der Waals surface area contributed by atoms with Gasteiger partial charge in [0.1, 0.15) is 0 Å². The van der Waals surface area contributed by atoms with Crippen LogP contribution in [0.25, 0.3) is 0 Å². The molecule has 2 N–H and O–H groups in total. The van der Waals surface area contributed by atoms with Crippen LogP contribution in [-0.4, -0.2) is 28.5 Å². The van der Waals surface area contributed by atoms with Crippen molar-refractivity contribution in [3.63, 3.8) is 0 Å². The maximum absolute atomic E-state index is 11.7. The molecule has 1 rings (SSSR count). The molecule has 92 valence electrons. The van der Waals surface area contributed by atoms with E-state index < -0.39 is 5.97 Å². The molecule has 0 aliphatic heterocycles. The summed E-state index contributed by atoms with van der Waals surface area (Å²) in [5, 5.41) is 11.3. The Balaban J connectivity index is 2.47. The van der Waals surface area contributed by atoms with Crippen molar-refractivity contribution in [2.75, 3.05) is 6.54 Å². The molecule has 1 amide bonds. The van der Waals surface area contributed by atoms with Gasteiger partial charge in [-0.15, -0.1) is 0 Å². The van der Waals surface area contributed by atoms with Crippen LogP contribution >= 0.6 is 0 Å². The van der Waals surface area contributed by atoms with Crippen molar-refractivity contribution >= 4 is 11.9 Å². The van der Waals surface area contributed by atoms with Crippen molar-refractivity contribution in [2.45, 2.75) is 20.3 Å². The van der Waals surface area contributed by atoms with Gasteiger partial charge in [-0.3, -0.25) is 14.6 Å². The number of carboxylic acids is 1. The van der Waals surface area contributed by atoms with E-state index in [1.54, 1.807) is 19.2 Å². The second-order valence-electron chi connectivity index (χ2n) is 4.16. The van der Waals surface area contributed by atoms with E-state index in [0.29, 0.717) is 12.1 Å². The van der Waals surface area contributed by atoms with Crippen molar-refractivity contribution < 1.29 is 14.7 Å². The number of hydrogen-bond donors (Lipinski definition) is 2. The van der Waals surface area contributed by atoms with Gasteiger partial charge in [-0.2, -0.15) is 0 Å². The third-order valence-corrected chi connectivity index (χ3v) is 2.27. The van der Waals surface area contributed by atoms with E-state index >= 15 is 0 Å². The third-order valence-electron chi connectivity index (χ3n) is 2.27. The first-order chi connectivity index (χ1) is 7.99. The summed E-state index contributed by atoms with van der Waals surface area (Å²) in [6, 6.07) is 1.74. The van der Waals surface area contributed by atoms with E-state index in [-0.39, 0.29) is 18.2 Å². The number of carbonyl (C=O) groups is 2. The zero-order valence-corrected chi connectivity index (χ0v) is 9.93. The minimum absolute atomic E-state index is 0.0480. The minimum atomic E-state index is -0.857. The Morgan fingerprint density at radius 3 is 2.76 bits per heavy atom. The van der Waals surface area contributed by atoms with Crippen LogP contribution in [0.1, 0.15) is 29.3 Å². The molecule has 1 aromatic rings. The van der Waals surface area contributed by atoms with Crippen molar-refractivity contribution in [2.24, 2.45) is 5.92 Å². The van der Waals surface area contributed by atoms with Crippen LogP contribution in [0.5, 0.6) is 0 Å². The van der Waals surface area contributed by atoms with E-state index in [1.165, 1.54) is 6.20 Å². The van der Waals surface area contributed by atoms with Crippen molar-refractivity contribution in [1.82, 2.24) is 10.3 Å². The number of carboxylic acid groups (broad SMARTS) is 1. The molecule has 0 spiro atoms. The number of hydrogen-bond acceptors (Lipinski definition) is 3. The molecule has 1 aromatic heterocycles. The van der Waals surface area contributed by atoms with Gasteiger partial charge in [-0.1, -0.05) is 6.92 Å². The molecule has 5 nitrogen and oxygen atoms in total. The Bertz CT molecular complexity index is 418. The molecule has 0 aliphatic carbocycles. The van der Waals surface area contributed by atoms with Gasteiger partial charge in [0.05, 0.1) is 5.56 Å². The zero-order chi connectivity index (χ0) is 12.8. The number of pyridine rings is 1. The standard InChI is InChI=1S/C12H16N2O3/c1-8-3-10(7-13-5-8)12(17)14-6-9(2)4-11(15)16/h3,5,7,9H,4,6H2,1-2H3,(H,14,17)(H,15,16). The van der Waals surface area contributed by atoms with Crippen LogP contribution < -0.4 is 5.32 Å². The number of amides is 1. The van der Waals surface area contributed by atoms with Crippen LogP contribution in [0, 0.1) is 12.8 Å². The Morgan fingerprint density at radius 2 is 2.18 bits per heavy atom. The number of aryl methyl sites for hydroxylation is 1.